The average Bonchev–Trinajstić information content (AvgIpc) is 3.49. The van der Waals surface area contributed by atoms with Crippen LogP contribution in [0, 0.1) is 0 Å². The Morgan fingerprint density at radius 1 is 1.03 bits per heavy atom. The highest BCUT2D eigenvalue weighted by Gasteiger charge is 2.36. The van der Waals surface area contributed by atoms with E-state index < -0.39 is 23.6 Å². The van der Waals surface area contributed by atoms with Crippen LogP contribution in [-0.4, -0.2) is 41.9 Å². The summed E-state index contributed by atoms with van der Waals surface area (Å²) < 4.78 is 22.2. The van der Waals surface area contributed by atoms with Crippen molar-refractivity contribution in [2.75, 3.05) is 25.3 Å². The average molecular weight is 567 g/mol. The third kappa shape index (κ3) is 6.30. The Bertz CT molecular complexity index is 1460. The van der Waals surface area contributed by atoms with Crippen molar-refractivity contribution < 1.29 is 33.3 Å². The molecule has 9 nitrogen and oxygen atoms in total. The number of amides is 3. The molecule has 2 aliphatic rings. The van der Waals surface area contributed by atoms with Gasteiger partial charge in [0.05, 0.1) is 11.5 Å². The molecule has 0 bridgehead atoms. The number of nitrogens with zero attached hydrogens (tertiary/aromatic N) is 1. The van der Waals surface area contributed by atoms with Crippen molar-refractivity contribution in [1.82, 2.24) is 4.90 Å². The lowest BCUT2D eigenvalue weighted by molar-refractivity contribution is -0.127. The number of halogens is 1. The Hall–Kier alpha value is -4.15. The van der Waals surface area contributed by atoms with E-state index >= 15 is 0 Å². The van der Waals surface area contributed by atoms with Crippen molar-refractivity contribution in [2.45, 2.75) is 13.5 Å². The summed E-state index contributed by atoms with van der Waals surface area (Å²) in [4.78, 5) is 39.2. The fourth-order valence-electron chi connectivity index (χ4n) is 3.85. The van der Waals surface area contributed by atoms with Gasteiger partial charge in [-0.25, -0.2) is 0 Å². The number of carbonyl (C=O) groups is 3. The first kappa shape index (κ1) is 26.5. The van der Waals surface area contributed by atoms with Crippen LogP contribution in [0.15, 0.2) is 65.6 Å². The van der Waals surface area contributed by atoms with E-state index in [9.17, 15) is 14.4 Å². The first-order valence-electron chi connectivity index (χ1n) is 12.0. The zero-order valence-electron chi connectivity index (χ0n) is 20.8. The molecule has 0 spiro atoms. The van der Waals surface area contributed by atoms with Crippen LogP contribution in [0.5, 0.6) is 23.0 Å². The molecule has 3 amide bonds. The normalized spacial score (nSPS) is 15.1. The molecule has 2 heterocycles. The Labute approximate surface area is 233 Å². The Kier molecular flexibility index (Phi) is 7.94. The minimum absolute atomic E-state index is 0.112. The van der Waals surface area contributed by atoms with Crippen molar-refractivity contribution in [2.24, 2.45) is 0 Å². The van der Waals surface area contributed by atoms with Crippen LogP contribution in [0.4, 0.5) is 10.5 Å². The summed E-state index contributed by atoms with van der Waals surface area (Å²) in [7, 11) is 0. The maximum Gasteiger partial charge on any atom is 0.294 e. The van der Waals surface area contributed by atoms with Crippen LogP contribution in [0.2, 0.25) is 5.02 Å². The highest BCUT2D eigenvalue weighted by molar-refractivity contribution is 8.18. The van der Waals surface area contributed by atoms with Gasteiger partial charge in [0.15, 0.2) is 23.0 Å². The summed E-state index contributed by atoms with van der Waals surface area (Å²) in [6.45, 7) is 2.29. The van der Waals surface area contributed by atoms with Gasteiger partial charge in [0.1, 0.15) is 13.2 Å². The van der Waals surface area contributed by atoms with Crippen molar-refractivity contribution in [3.8, 4) is 23.0 Å². The molecular weight excluding hydrogens is 544 g/mol. The van der Waals surface area contributed by atoms with E-state index in [4.69, 9.17) is 30.5 Å². The van der Waals surface area contributed by atoms with Crippen molar-refractivity contribution in [1.29, 1.82) is 0 Å². The second-order valence-corrected chi connectivity index (χ2v) is 9.87. The topological polar surface area (TPSA) is 103 Å². The van der Waals surface area contributed by atoms with Crippen molar-refractivity contribution >= 4 is 52.2 Å². The minimum atomic E-state index is -0.549. The van der Waals surface area contributed by atoms with Crippen LogP contribution in [0.3, 0.4) is 0 Å². The summed E-state index contributed by atoms with van der Waals surface area (Å²) in [6.07, 6.45) is 1.59. The van der Waals surface area contributed by atoms with Gasteiger partial charge in [-0.2, -0.15) is 0 Å². The highest BCUT2D eigenvalue weighted by atomic mass is 35.5. The molecule has 0 atom stereocenters. The Balaban J connectivity index is 1.24. The Morgan fingerprint density at radius 3 is 2.62 bits per heavy atom. The van der Waals surface area contributed by atoms with Gasteiger partial charge in [0.25, 0.3) is 11.1 Å². The van der Waals surface area contributed by atoms with E-state index in [1.165, 1.54) is 0 Å². The molecule has 39 heavy (non-hydrogen) atoms. The van der Waals surface area contributed by atoms with Gasteiger partial charge in [-0.3, -0.25) is 19.3 Å². The maximum atomic E-state index is 13.0. The van der Waals surface area contributed by atoms with E-state index in [1.807, 2.05) is 19.1 Å². The number of hydrogen-bond donors (Lipinski definition) is 1. The fourth-order valence-corrected chi connectivity index (χ4v) is 4.81. The standard InChI is InChI=1S/C28H23ClN2O7S/c1-2-35-23-11-18(5-9-21(23)36-15-17-3-6-19(29)7-4-17)12-25-27(33)31(28(34)39-25)14-26(32)30-20-8-10-22-24(13-20)38-16-37-22/h3-13H,2,14-16H2,1H3,(H,30,32)/b25-12+. The second kappa shape index (κ2) is 11.7. The molecule has 0 saturated carbocycles. The molecule has 1 fully saturated rings. The number of ether oxygens (including phenoxy) is 4. The molecular formula is C28H23ClN2O7S. The second-order valence-electron chi connectivity index (χ2n) is 8.44. The van der Waals surface area contributed by atoms with Gasteiger partial charge in [0, 0.05) is 16.8 Å². The lowest BCUT2D eigenvalue weighted by atomic mass is 10.1. The van der Waals surface area contributed by atoms with Gasteiger partial charge < -0.3 is 24.3 Å². The third-order valence-electron chi connectivity index (χ3n) is 5.70. The number of imide groups is 1. The maximum absolute atomic E-state index is 13.0. The largest absolute Gasteiger partial charge is 0.490 e. The molecule has 3 aromatic rings. The molecule has 0 aromatic heterocycles. The van der Waals surface area contributed by atoms with Crippen LogP contribution in [0.1, 0.15) is 18.1 Å². The van der Waals surface area contributed by atoms with E-state index in [-0.39, 0.29) is 11.7 Å². The number of hydrogen-bond acceptors (Lipinski definition) is 8. The predicted molar refractivity (Wildman–Crippen MR) is 147 cm³/mol. The number of benzene rings is 3. The zero-order chi connectivity index (χ0) is 27.4. The molecule has 200 valence electrons. The van der Waals surface area contributed by atoms with Crippen LogP contribution in [0.25, 0.3) is 6.08 Å². The smallest absolute Gasteiger partial charge is 0.294 e. The van der Waals surface area contributed by atoms with E-state index in [0.29, 0.717) is 52.5 Å². The molecule has 0 radical (unpaired) electrons. The van der Waals surface area contributed by atoms with E-state index in [0.717, 1.165) is 22.2 Å². The quantitative estimate of drug-likeness (QED) is 0.328. The number of fused-ring (bicyclic) bond motifs is 1. The van der Waals surface area contributed by atoms with Crippen LogP contribution >= 0.6 is 23.4 Å². The molecule has 0 unspecified atom stereocenters. The predicted octanol–water partition coefficient (Wildman–Crippen LogP) is 5.72. The number of thioether (sulfide) groups is 1. The molecule has 5 rings (SSSR count). The van der Waals surface area contributed by atoms with Gasteiger partial charge in [-0.05, 0) is 72.3 Å². The molecule has 0 aliphatic carbocycles. The van der Waals surface area contributed by atoms with E-state index in [1.54, 1.807) is 54.6 Å². The van der Waals surface area contributed by atoms with Gasteiger partial charge in [0.2, 0.25) is 12.7 Å². The zero-order valence-corrected chi connectivity index (χ0v) is 22.3. The molecule has 1 saturated heterocycles. The summed E-state index contributed by atoms with van der Waals surface area (Å²) >= 11 is 6.71. The monoisotopic (exact) mass is 566 g/mol. The lowest BCUT2D eigenvalue weighted by Gasteiger charge is -2.13. The summed E-state index contributed by atoms with van der Waals surface area (Å²) in [5, 5.41) is 2.79. The van der Waals surface area contributed by atoms with Crippen LogP contribution in [-0.2, 0) is 16.2 Å². The van der Waals surface area contributed by atoms with Gasteiger partial charge in [-0.1, -0.05) is 29.8 Å². The number of rotatable bonds is 9. The minimum Gasteiger partial charge on any atom is -0.490 e. The SMILES string of the molecule is CCOc1cc(/C=C2/SC(=O)N(CC(=O)Nc3ccc4c(c3)OCO4)C2=O)ccc1OCc1ccc(Cl)cc1. The van der Waals surface area contributed by atoms with E-state index in [2.05, 4.69) is 5.32 Å². The molecule has 2 aliphatic heterocycles. The van der Waals surface area contributed by atoms with Crippen molar-refractivity contribution in [3.05, 3.63) is 81.7 Å². The van der Waals surface area contributed by atoms with Crippen molar-refractivity contribution in [3.63, 3.8) is 0 Å². The number of nitrogens with one attached hydrogen (secondary N) is 1. The summed E-state index contributed by atoms with van der Waals surface area (Å²) in [5.74, 6) is 1.07. The first-order chi connectivity index (χ1) is 18.9. The highest BCUT2D eigenvalue weighted by Crippen LogP contribution is 2.36. The first-order valence-corrected chi connectivity index (χ1v) is 13.2. The lowest BCUT2D eigenvalue weighted by Crippen LogP contribution is -2.36. The molecule has 3 aromatic carbocycles. The fraction of sp³-hybridized carbons (Fsp3) is 0.179. The van der Waals surface area contributed by atoms with Crippen LogP contribution < -0.4 is 24.3 Å². The Morgan fingerprint density at radius 2 is 1.82 bits per heavy atom. The number of anilines is 1. The summed E-state index contributed by atoms with van der Waals surface area (Å²) in [6, 6.07) is 17.5. The third-order valence-corrected chi connectivity index (χ3v) is 6.86. The molecule has 1 N–H and O–H groups in total. The summed E-state index contributed by atoms with van der Waals surface area (Å²) in [5.41, 5.74) is 2.06. The van der Waals surface area contributed by atoms with Gasteiger partial charge >= 0.3 is 0 Å². The van der Waals surface area contributed by atoms with Gasteiger partial charge in [-0.15, -0.1) is 0 Å². The molecule has 11 heteroatoms. The number of carbonyl (C=O) groups excluding carboxylic acids is 3.